The normalized spacial score (nSPS) is 13.1. The molecule has 1 aromatic carbocycles. The Hall–Kier alpha value is -0.930. The van der Waals surface area contributed by atoms with E-state index in [-0.39, 0.29) is 5.82 Å². The van der Waals surface area contributed by atoms with Crippen molar-refractivity contribution in [3.05, 3.63) is 35.6 Å². The molecule has 0 saturated carbocycles. The van der Waals surface area contributed by atoms with E-state index in [1.54, 1.807) is 12.1 Å². The molecule has 0 heterocycles. The van der Waals surface area contributed by atoms with Crippen molar-refractivity contribution in [2.45, 2.75) is 20.4 Å². The minimum Gasteiger partial charge on any atom is -0.330 e. The molecule has 0 aliphatic carbocycles. The van der Waals surface area contributed by atoms with E-state index in [0.717, 1.165) is 18.7 Å². The fourth-order valence-corrected chi connectivity index (χ4v) is 1.60. The Kier molecular flexibility index (Phi) is 5.43. The second-order valence-corrected chi connectivity index (χ2v) is 4.50. The average Bonchev–Trinajstić information content (AvgIpc) is 2.26. The maximum Gasteiger partial charge on any atom is 0.123 e. The van der Waals surface area contributed by atoms with Crippen molar-refractivity contribution in [1.29, 1.82) is 0 Å². The Morgan fingerprint density at radius 3 is 2.38 bits per heavy atom. The number of nitrogens with one attached hydrogen (secondary N) is 1. The Morgan fingerprint density at radius 1 is 1.25 bits per heavy atom. The first-order valence-corrected chi connectivity index (χ1v) is 5.78. The van der Waals surface area contributed by atoms with Gasteiger partial charge in [0.25, 0.3) is 0 Å². The van der Waals surface area contributed by atoms with Gasteiger partial charge in [-0.2, -0.15) is 0 Å². The van der Waals surface area contributed by atoms with E-state index in [4.69, 9.17) is 5.73 Å². The van der Waals surface area contributed by atoms with Crippen LogP contribution in [0.3, 0.4) is 0 Å². The predicted octanol–water partition coefficient (Wildman–Crippen LogP) is 2.15. The van der Waals surface area contributed by atoms with E-state index in [1.807, 2.05) is 0 Å². The third kappa shape index (κ3) is 4.29. The maximum atomic E-state index is 12.7. The number of nitrogens with two attached hydrogens (primary N) is 1. The van der Waals surface area contributed by atoms with E-state index in [0.29, 0.717) is 18.4 Å². The highest BCUT2D eigenvalue weighted by atomic mass is 19.1. The summed E-state index contributed by atoms with van der Waals surface area (Å²) in [6, 6.07) is 6.57. The number of benzene rings is 1. The lowest BCUT2D eigenvalue weighted by Crippen LogP contribution is -2.31. The molecule has 0 aromatic heterocycles. The van der Waals surface area contributed by atoms with E-state index in [1.165, 1.54) is 12.1 Å². The van der Waals surface area contributed by atoms with E-state index < -0.39 is 0 Å². The molecule has 1 aromatic rings. The molecular weight excluding hydrogens is 203 g/mol. The number of hydrogen-bond donors (Lipinski definition) is 2. The zero-order valence-corrected chi connectivity index (χ0v) is 10.0. The van der Waals surface area contributed by atoms with Gasteiger partial charge in [-0.15, -0.1) is 0 Å². The summed E-state index contributed by atoms with van der Waals surface area (Å²) in [4.78, 5) is 0. The Balaban J connectivity index is 2.32. The zero-order valence-electron chi connectivity index (χ0n) is 10.0. The Bertz CT molecular complexity index is 295. The van der Waals surface area contributed by atoms with Crippen LogP contribution in [0.1, 0.15) is 19.4 Å². The fraction of sp³-hybridized carbons (Fsp3) is 0.538. The first kappa shape index (κ1) is 13.1. The topological polar surface area (TPSA) is 38.0 Å². The standard InChI is InChI=1S/C13H21FN2/c1-10(2)12(7-15)9-16-8-11-3-5-13(14)6-4-11/h3-6,10,12,16H,7-9,15H2,1-2H3. The molecule has 0 radical (unpaired) electrons. The van der Waals surface area contributed by atoms with Gasteiger partial charge in [0.15, 0.2) is 0 Å². The lowest BCUT2D eigenvalue weighted by atomic mass is 9.96. The molecule has 16 heavy (non-hydrogen) atoms. The SMILES string of the molecule is CC(C)C(CN)CNCc1ccc(F)cc1. The molecule has 0 aliphatic heterocycles. The predicted molar refractivity (Wildman–Crippen MR) is 65.5 cm³/mol. The molecule has 0 aliphatic rings. The molecule has 1 atom stereocenters. The van der Waals surface area contributed by atoms with Crippen LogP contribution in [-0.4, -0.2) is 13.1 Å². The van der Waals surface area contributed by atoms with Gasteiger partial charge in [-0.05, 0) is 42.6 Å². The van der Waals surface area contributed by atoms with E-state index in [9.17, 15) is 4.39 Å². The summed E-state index contributed by atoms with van der Waals surface area (Å²) in [5.74, 6) is 0.900. The average molecular weight is 224 g/mol. The first-order chi connectivity index (χ1) is 7.63. The lowest BCUT2D eigenvalue weighted by molar-refractivity contribution is 0.370. The number of rotatable bonds is 6. The molecule has 0 spiro atoms. The molecular formula is C13H21FN2. The number of hydrogen-bond acceptors (Lipinski definition) is 2. The monoisotopic (exact) mass is 224 g/mol. The van der Waals surface area contributed by atoms with Crippen LogP contribution in [0.5, 0.6) is 0 Å². The van der Waals surface area contributed by atoms with Gasteiger partial charge in [0.05, 0.1) is 0 Å². The molecule has 3 N–H and O–H groups in total. The number of halogens is 1. The van der Waals surface area contributed by atoms with Crippen LogP contribution in [0.25, 0.3) is 0 Å². The van der Waals surface area contributed by atoms with Gasteiger partial charge in [0.1, 0.15) is 5.82 Å². The molecule has 3 heteroatoms. The van der Waals surface area contributed by atoms with Gasteiger partial charge in [0, 0.05) is 6.54 Å². The zero-order chi connectivity index (χ0) is 12.0. The fourth-order valence-electron chi connectivity index (χ4n) is 1.60. The van der Waals surface area contributed by atoms with E-state index in [2.05, 4.69) is 19.2 Å². The molecule has 1 rings (SSSR count). The van der Waals surface area contributed by atoms with Crippen molar-refractivity contribution >= 4 is 0 Å². The second-order valence-electron chi connectivity index (χ2n) is 4.50. The first-order valence-electron chi connectivity index (χ1n) is 5.78. The molecule has 0 amide bonds. The Labute approximate surface area is 97.0 Å². The quantitative estimate of drug-likeness (QED) is 0.777. The summed E-state index contributed by atoms with van der Waals surface area (Å²) in [6.07, 6.45) is 0. The van der Waals surface area contributed by atoms with Gasteiger partial charge in [-0.25, -0.2) is 4.39 Å². The molecule has 2 nitrogen and oxygen atoms in total. The smallest absolute Gasteiger partial charge is 0.123 e. The van der Waals surface area contributed by atoms with Crippen LogP contribution in [0, 0.1) is 17.7 Å². The highest BCUT2D eigenvalue weighted by Gasteiger charge is 2.10. The van der Waals surface area contributed by atoms with Crippen molar-refractivity contribution in [3.63, 3.8) is 0 Å². The highest BCUT2D eigenvalue weighted by molar-refractivity contribution is 5.15. The van der Waals surface area contributed by atoms with Crippen molar-refractivity contribution in [3.8, 4) is 0 Å². The molecule has 0 fully saturated rings. The van der Waals surface area contributed by atoms with Gasteiger partial charge in [-0.1, -0.05) is 26.0 Å². The summed E-state index contributed by atoms with van der Waals surface area (Å²) in [5.41, 5.74) is 6.78. The van der Waals surface area contributed by atoms with Crippen LogP contribution in [0.15, 0.2) is 24.3 Å². The minimum absolute atomic E-state index is 0.189. The summed E-state index contributed by atoms with van der Waals surface area (Å²) in [6.45, 7) is 6.73. The van der Waals surface area contributed by atoms with Crippen LogP contribution in [0.2, 0.25) is 0 Å². The van der Waals surface area contributed by atoms with Gasteiger partial charge in [-0.3, -0.25) is 0 Å². The molecule has 0 bridgehead atoms. The molecule has 90 valence electrons. The maximum absolute atomic E-state index is 12.7. The highest BCUT2D eigenvalue weighted by Crippen LogP contribution is 2.08. The molecule has 1 unspecified atom stereocenters. The van der Waals surface area contributed by atoms with E-state index >= 15 is 0 Å². The van der Waals surface area contributed by atoms with Crippen molar-refractivity contribution in [2.24, 2.45) is 17.6 Å². The molecule has 0 saturated heterocycles. The van der Waals surface area contributed by atoms with Crippen LogP contribution < -0.4 is 11.1 Å². The summed E-state index contributed by atoms with van der Waals surface area (Å²) in [7, 11) is 0. The van der Waals surface area contributed by atoms with Gasteiger partial charge < -0.3 is 11.1 Å². The third-order valence-electron chi connectivity index (χ3n) is 2.89. The van der Waals surface area contributed by atoms with Crippen LogP contribution in [0.4, 0.5) is 4.39 Å². The van der Waals surface area contributed by atoms with Crippen LogP contribution in [-0.2, 0) is 6.54 Å². The van der Waals surface area contributed by atoms with Crippen molar-refractivity contribution in [2.75, 3.05) is 13.1 Å². The largest absolute Gasteiger partial charge is 0.330 e. The van der Waals surface area contributed by atoms with Gasteiger partial charge in [0.2, 0.25) is 0 Å². The summed E-state index contributed by atoms with van der Waals surface area (Å²) < 4.78 is 12.7. The van der Waals surface area contributed by atoms with Gasteiger partial charge >= 0.3 is 0 Å². The second kappa shape index (κ2) is 6.61. The Morgan fingerprint density at radius 2 is 1.88 bits per heavy atom. The van der Waals surface area contributed by atoms with Crippen molar-refractivity contribution < 1.29 is 4.39 Å². The third-order valence-corrected chi connectivity index (χ3v) is 2.89. The summed E-state index contributed by atoms with van der Waals surface area (Å²) >= 11 is 0. The minimum atomic E-state index is -0.189. The van der Waals surface area contributed by atoms with Crippen molar-refractivity contribution in [1.82, 2.24) is 5.32 Å². The summed E-state index contributed by atoms with van der Waals surface area (Å²) in [5, 5.41) is 3.35. The lowest BCUT2D eigenvalue weighted by Gasteiger charge is -2.19. The van der Waals surface area contributed by atoms with Crippen LogP contribution >= 0.6 is 0 Å².